The van der Waals surface area contributed by atoms with Crippen LogP contribution in [0.25, 0.3) is 0 Å². The first-order valence-corrected chi connectivity index (χ1v) is 8.67. The molecule has 1 N–H and O–H groups in total. The highest BCUT2D eigenvalue weighted by atomic mass is 32.2. The first-order chi connectivity index (χ1) is 10.0. The van der Waals surface area contributed by atoms with Crippen molar-refractivity contribution in [3.05, 3.63) is 40.6 Å². The summed E-state index contributed by atoms with van der Waals surface area (Å²) in [5.41, 5.74) is 0.515. The molecule has 0 unspecified atom stereocenters. The number of benzene rings is 1. The van der Waals surface area contributed by atoms with Crippen LogP contribution in [-0.2, 0) is 16.6 Å². The molecule has 7 heteroatoms. The average molecular weight is 326 g/mol. The summed E-state index contributed by atoms with van der Waals surface area (Å²) in [7, 11) is 1.24. The Morgan fingerprint density at radius 1 is 1.29 bits per heavy atom. The summed E-state index contributed by atoms with van der Waals surface area (Å²) in [4.78, 5) is 1.12. The number of ether oxygens (including phenoxy) is 1. The number of nitrogens with one attached hydrogen (secondary N) is 1. The minimum Gasteiger partial charge on any atom is -0.495 e. The lowest BCUT2D eigenvalue weighted by molar-refractivity contribution is 0.416. The predicted octanol–water partition coefficient (Wildman–Crippen LogP) is 2.30. The van der Waals surface area contributed by atoms with E-state index >= 15 is 0 Å². The van der Waals surface area contributed by atoms with Gasteiger partial charge in [0.05, 0.1) is 12.8 Å². The van der Waals surface area contributed by atoms with E-state index in [0.29, 0.717) is 22.9 Å². The monoisotopic (exact) mass is 326 g/mol. The van der Waals surface area contributed by atoms with E-state index in [2.05, 4.69) is 5.32 Å². The fraction of sp³-hybridized carbons (Fsp3) is 0.286. The van der Waals surface area contributed by atoms with Gasteiger partial charge < -0.3 is 10.1 Å². The minimum absolute atomic E-state index is 0.329. The molecule has 5 nitrogen and oxygen atoms in total. The summed E-state index contributed by atoms with van der Waals surface area (Å²) >= 11 is 1.42. The van der Waals surface area contributed by atoms with Crippen LogP contribution < -0.4 is 14.4 Å². The average Bonchev–Trinajstić information content (AvgIpc) is 2.96. The topological polar surface area (TPSA) is 58.6 Å². The van der Waals surface area contributed by atoms with Crippen molar-refractivity contribution >= 4 is 27.0 Å². The van der Waals surface area contributed by atoms with Gasteiger partial charge in [0.25, 0.3) is 10.0 Å². The second kappa shape index (κ2) is 6.46. The van der Waals surface area contributed by atoms with Crippen molar-refractivity contribution in [3.8, 4) is 5.75 Å². The van der Waals surface area contributed by atoms with E-state index in [4.69, 9.17) is 4.74 Å². The Morgan fingerprint density at radius 3 is 2.67 bits per heavy atom. The van der Waals surface area contributed by atoms with Crippen LogP contribution in [0.2, 0.25) is 0 Å². The summed E-state index contributed by atoms with van der Waals surface area (Å²) in [6.45, 7) is 0.520. The van der Waals surface area contributed by atoms with Gasteiger partial charge in [-0.3, -0.25) is 4.31 Å². The molecule has 0 radical (unpaired) electrons. The minimum atomic E-state index is -3.61. The van der Waals surface area contributed by atoms with Crippen molar-refractivity contribution in [2.75, 3.05) is 25.5 Å². The van der Waals surface area contributed by atoms with E-state index < -0.39 is 10.0 Å². The number of nitrogens with zero attached hydrogens (tertiary/aromatic N) is 1. The highest BCUT2D eigenvalue weighted by molar-refractivity contribution is 7.93. The van der Waals surface area contributed by atoms with Crippen LogP contribution in [0, 0.1) is 0 Å². The first-order valence-electron chi connectivity index (χ1n) is 6.35. The zero-order chi connectivity index (χ0) is 15.5. The molecule has 0 bridgehead atoms. The number of hydrogen-bond acceptors (Lipinski definition) is 5. The lowest BCUT2D eigenvalue weighted by atomic mass is 10.3. The number of sulfonamides is 1. The molecule has 0 saturated heterocycles. The molecule has 0 fully saturated rings. The summed E-state index contributed by atoms with van der Waals surface area (Å²) < 4.78 is 32.1. The maximum Gasteiger partial charge on any atom is 0.265 e. The van der Waals surface area contributed by atoms with Crippen LogP contribution >= 0.6 is 11.3 Å². The largest absolute Gasteiger partial charge is 0.495 e. The molecule has 0 amide bonds. The van der Waals surface area contributed by atoms with E-state index in [0.717, 1.165) is 4.88 Å². The molecular formula is C14H18N2O3S2. The summed E-state index contributed by atoms with van der Waals surface area (Å²) in [5, 5.41) is 4.77. The van der Waals surface area contributed by atoms with E-state index in [9.17, 15) is 8.42 Å². The third kappa shape index (κ3) is 3.04. The number of rotatable bonds is 6. The van der Waals surface area contributed by atoms with Crippen molar-refractivity contribution in [3.63, 3.8) is 0 Å². The predicted molar refractivity (Wildman–Crippen MR) is 85.7 cm³/mol. The van der Waals surface area contributed by atoms with Gasteiger partial charge in [0.15, 0.2) is 0 Å². The van der Waals surface area contributed by atoms with E-state index in [1.165, 1.54) is 29.8 Å². The van der Waals surface area contributed by atoms with Gasteiger partial charge >= 0.3 is 0 Å². The molecule has 0 saturated carbocycles. The van der Waals surface area contributed by atoms with Gasteiger partial charge in [0.2, 0.25) is 0 Å². The summed E-state index contributed by atoms with van der Waals surface area (Å²) in [6, 6.07) is 8.69. The molecule has 0 aliphatic carbocycles. The Kier molecular flexibility index (Phi) is 4.87. The van der Waals surface area contributed by atoms with Crippen LogP contribution in [-0.4, -0.2) is 29.6 Å². The maximum atomic E-state index is 12.8. The van der Waals surface area contributed by atoms with E-state index in [-0.39, 0.29) is 0 Å². The summed E-state index contributed by atoms with van der Waals surface area (Å²) in [6.07, 6.45) is 0. The van der Waals surface area contributed by atoms with Gasteiger partial charge in [0.1, 0.15) is 10.6 Å². The molecule has 0 atom stereocenters. The van der Waals surface area contributed by atoms with Crippen LogP contribution in [0.1, 0.15) is 4.88 Å². The van der Waals surface area contributed by atoms with Crippen LogP contribution in [0.15, 0.2) is 40.6 Å². The molecule has 0 spiro atoms. The third-order valence-electron chi connectivity index (χ3n) is 3.10. The fourth-order valence-corrected chi connectivity index (χ4v) is 4.65. The van der Waals surface area contributed by atoms with Crippen LogP contribution in [0.5, 0.6) is 5.75 Å². The van der Waals surface area contributed by atoms with Gasteiger partial charge in [-0.15, -0.1) is 11.3 Å². The zero-order valence-corrected chi connectivity index (χ0v) is 13.8. The molecule has 114 valence electrons. The molecule has 1 aromatic heterocycles. The zero-order valence-electron chi connectivity index (χ0n) is 12.2. The number of thiophene rings is 1. The van der Waals surface area contributed by atoms with Crippen molar-refractivity contribution in [1.29, 1.82) is 0 Å². The molecule has 1 aromatic carbocycles. The fourth-order valence-electron chi connectivity index (χ4n) is 2.02. The first kappa shape index (κ1) is 15.8. The van der Waals surface area contributed by atoms with Gasteiger partial charge in [0, 0.05) is 18.5 Å². The Balaban J connectivity index is 2.45. The van der Waals surface area contributed by atoms with E-state index in [1.54, 1.807) is 42.8 Å². The van der Waals surface area contributed by atoms with Gasteiger partial charge in [-0.25, -0.2) is 8.42 Å². The molecule has 2 rings (SSSR count). The number of methoxy groups -OCH3 is 1. The SMILES string of the molecule is CNCc1sccc1S(=O)(=O)N(C)c1ccccc1OC. The van der Waals surface area contributed by atoms with Crippen LogP contribution in [0.3, 0.4) is 0 Å². The van der Waals surface area contributed by atoms with Crippen LogP contribution in [0.4, 0.5) is 5.69 Å². The Bertz CT molecular complexity index is 711. The highest BCUT2D eigenvalue weighted by Gasteiger charge is 2.26. The van der Waals surface area contributed by atoms with Gasteiger partial charge in [-0.2, -0.15) is 0 Å². The van der Waals surface area contributed by atoms with Crippen molar-refractivity contribution in [1.82, 2.24) is 5.32 Å². The molecule has 2 aromatic rings. The second-order valence-electron chi connectivity index (χ2n) is 4.38. The third-order valence-corrected chi connectivity index (χ3v) is 6.01. The normalized spacial score (nSPS) is 11.4. The van der Waals surface area contributed by atoms with Crippen molar-refractivity contribution < 1.29 is 13.2 Å². The Morgan fingerprint density at radius 2 is 2.00 bits per heavy atom. The van der Waals surface area contributed by atoms with Crippen molar-refractivity contribution in [2.45, 2.75) is 11.4 Å². The lowest BCUT2D eigenvalue weighted by Crippen LogP contribution is -2.27. The molecule has 1 heterocycles. The standard InChI is InChI=1S/C14H18N2O3S2/c1-15-10-13-14(8-9-20-13)21(17,18)16(2)11-6-4-5-7-12(11)19-3/h4-9,15H,10H2,1-3H3. The number of anilines is 1. The van der Waals surface area contributed by atoms with Gasteiger partial charge in [-0.05, 0) is 30.6 Å². The molecule has 21 heavy (non-hydrogen) atoms. The molecular weight excluding hydrogens is 308 g/mol. The van der Waals surface area contributed by atoms with Crippen molar-refractivity contribution in [2.24, 2.45) is 0 Å². The van der Waals surface area contributed by atoms with Gasteiger partial charge in [-0.1, -0.05) is 12.1 Å². The lowest BCUT2D eigenvalue weighted by Gasteiger charge is -2.21. The quantitative estimate of drug-likeness (QED) is 0.885. The highest BCUT2D eigenvalue weighted by Crippen LogP contribution is 2.33. The number of hydrogen-bond donors (Lipinski definition) is 1. The molecule has 0 aliphatic rings. The smallest absolute Gasteiger partial charge is 0.265 e. The summed E-state index contributed by atoms with van der Waals surface area (Å²) in [5.74, 6) is 0.522. The Labute approximate surface area is 129 Å². The number of para-hydroxylation sites is 2. The second-order valence-corrected chi connectivity index (χ2v) is 7.32. The molecule has 0 aliphatic heterocycles. The maximum absolute atomic E-state index is 12.8. The Hall–Kier alpha value is -1.57. The van der Waals surface area contributed by atoms with E-state index in [1.807, 2.05) is 0 Å².